The van der Waals surface area contributed by atoms with Gasteiger partial charge in [-0.3, -0.25) is 4.79 Å². The van der Waals surface area contributed by atoms with Crippen LogP contribution in [0.3, 0.4) is 0 Å². The Balaban J connectivity index is 1.31. The normalized spacial score (nSPS) is 22.9. The number of aliphatic hydroxyl groups excluding tert-OH is 1. The summed E-state index contributed by atoms with van der Waals surface area (Å²) in [6, 6.07) is 14.5. The van der Waals surface area contributed by atoms with Crippen LogP contribution in [0.1, 0.15) is 84.0 Å². The third-order valence-corrected chi connectivity index (χ3v) is 8.65. The number of aliphatic hydroxyl groups is 1. The Morgan fingerprint density at radius 1 is 0.778 bits per heavy atom. The van der Waals surface area contributed by atoms with E-state index in [1.54, 1.807) is 24.3 Å². The minimum atomic E-state index is -2.33. The molecule has 0 spiro atoms. The first-order valence-electron chi connectivity index (χ1n) is 15.3. The number of hydrogen-bond acceptors (Lipinski definition) is 5. The molecule has 0 saturated carbocycles. The predicted octanol–water partition coefficient (Wildman–Crippen LogP) is 6.86. The molecule has 3 aromatic rings. The third-order valence-electron chi connectivity index (χ3n) is 8.65. The van der Waals surface area contributed by atoms with Crippen molar-refractivity contribution in [1.82, 2.24) is 10.2 Å². The molecular weight excluding hydrogens is 595 g/mol. The summed E-state index contributed by atoms with van der Waals surface area (Å²) in [5.74, 6) is -12.5. The highest BCUT2D eigenvalue weighted by Gasteiger charge is 2.39. The molecule has 0 bridgehead atoms. The Bertz CT molecular complexity index is 1430. The number of benzene rings is 3. The molecule has 2 aliphatic rings. The monoisotopic (exact) mass is 632 g/mol. The third kappa shape index (κ3) is 7.54. The van der Waals surface area contributed by atoms with Crippen LogP contribution in [0.5, 0.6) is 0 Å². The summed E-state index contributed by atoms with van der Waals surface area (Å²) in [5.41, 5.74) is 1.47. The van der Waals surface area contributed by atoms with Gasteiger partial charge in [0.05, 0.1) is 18.8 Å². The van der Waals surface area contributed by atoms with E-state index in [1.807, 2.05) is 24.3 Å². The van der Waals surface area contributed by atoms with Crippen LogP contribution in [0.2, 0.25) is 0 Å². The molecule has 2 N–H and O–H groups in total. The van der Waals surface area contributed by atoms with Crippen molar-refractivity contribution in [2.75, 3.05) is 19.6 Å². The molecule has 2 heterocycles. The molecule has 0 radical (unpaired) electrons. The van der Waals surface area contributed by atoms with E-state index in [-0.39, 0.29) is 31.3 Å². The fourth-order valence-corrected chi connectivity index (χ4v) is 5.95. The SMILES string of the molecule is CC1C(CN2CCCCCCC2)OC(c2ccc(CNC(=O)c3c(F)c(F)c(F)c(F)c3F)cc2)OC1c1ccc(CO)cc1. The quantitative estimate of drug-likeness (QED) is 0.161. The Kier molecular flexibility index (Phi) is 10.9. The molecule has 4 unspecified atom stereocenters. The van der Waals surface area contributed by atoms with E-state index in [4.69, 9.17) is 9.47 Å². The number of amides is 1. The van der Waals surface area contributed by atoms with Gasteiger partial charge in [0.15, 0.2) is 29.6 Å². The first-order valence-corrected chi connectivity index (χ1v) is 15.3. The van der Waals surface area contributed by atoms with Gasteiger partial charge in [-0.1, -0.05) is 74.7 Å². The zero-order valence-corrected chi connectivity index (χ0v) is 25.0. The number of rotatable bonds is 8. The summed E-state index contributed by atoms with van der Waals surface area (Å²) in [6.45, 7) is 4.62. The van der Waals surface area contributed by atoms with E-state index in [0.29, 0.717) is 11.1 Å². The lowest BCUT2D eigenvalue weighted by molar-refractivity contribution is -0.276. The Morgan fingerprint density at radius 3 is 1.91 bits per heavy atom. The predicted molar refractivity (Wildman–Crippen MR) is 156 cm³/mol. The van der Waals surface area contributed by atoms with Gasteiger partial charge in [0, 0.05) is 24.6 Å². The first kappa shape index (κ1) is 33.0. The molecule has 3 aromatic carbocycles. The van der Waals surface area contributed by atoms with Crippen LogP contribution >= 0.6 is 0 Å². The molecule has 11 heteroatoms. The zero-order chi connectivity index (χ0) is 32.1. The van der Waals surface area contributed by atoms with Crippen molar-refractivity contribution < 1.29 is 41.3 Å². The van der Waals surface area contributed by atoms with Crippen LogP contribution in [0.25, 0.3) is 0 Å². The largest absolute Gasteiger partial charge is 0.392 e. The fourth-order valence-electron chi connectivity index (χ4n) is 5.95. The number of halogens is 5. The maximum absolute atomic E-state index is 14.1. The highest BCUT2D eigenvalue weighted by atomic mass is 19.2. The van der Waals surface area contributed by atoms with Crippen molar-refractivity contribution in [3.8, 4) is 0 Å². The lowest BCUT2D eigenvalue weighted by atomic mass is 9.89. The number of likely N-dealkylation sites (tertiary alicyclic amines) is 1. The Labute approximate surface area is 259 Å². The molecule has 2 aliphatic heterocycles. The van der Waals surface area contributed by atoms with E-state index >= 15 is 0 Å². The molecule has 2 fully saturated rings. The molecule has 1 amide bonds. The van der Waals surface area contributed by atoms with Crippen LogP contribution < -0.4 is 5.32 Å². The smallest absolute Gasteiger partial charge is 0.257 e. The second kappa shape index (κ2) is 14.8. The number of carbonyl (C=O) groups is 1. The zero-order valence-electron chi connectivity index (χ0n) is 25.0. The summed E-state index contributed by atoms with van der Waals surface area (Å²) in [6.07, 6.45) is 4.88. The first-order chi connectivity index (χ1) is 21.7. The summed E-state index contributed by atoms with van der Waals surface area (Å²) in [5, 5.41) is 11.7. The van der Waals surface area contributed by atoms with E-state index in [0.717, 1.165) is 43.6 Å². The van der Waals surface area contributed by atoms with Gasteiger partial charge >= 0.3 is 0 Å². The average Bonchev–Trinajstić information content (AvgIpc) is 3.04. The van der Waals surface area contributed by atoms with Crippen LogP contribution in [0, 0.1) is 35.0 Å². The van der Waals surface area contributed by atoms with Crippen molar-refractivity contribution >= 4 is 5.91 Å². The minimum absolute atomic E-state index is 0.0306. The molecule has 4 atom stereocenters. The van der Waals surface area contributed by atoms with E-state index in [1.165, 1.54) is 19.3 Å². The second-order valence-corrected chi connectivity index (χ2v) is 11.8. The molecule has 2 saturated heterocycles. The number of hydrogen-bond donors (Lipinski definition) is 2. The molecule has 0 aromatic heterocycles. The van der Waals surface area contributed by atoms with Crippen LogP contribution in [-0.2, 0) is 22.6 Å². The van der Waals surface area contributed by atoms with Crippen molar-refractivity contribution in [3.63, 3.8) is 0 Å². The van der Waals surface area contributed by atoms with Gasteiger partial charge in [0.2, 0.25) is 5.82 Å². The summed E-state index contributed by atoms with van der Waals surface area (Å²) < 4.78 is 81.6. The van der Waals surface area contributed by atoms with Gasteiger partial charge in [-0.25, -0.2) is 22.0 Å². The van der Waals surface area contributed by atoms with Gasteiger partial charge in [0.25, 0.3) is 5.91 Å². The second-order valence-electron chi connectivity index (χ2n) is 11.8. The highest BCUT2D eigenvalue weighted by Crippen LogP contribution is 2.42. The van der Waals surface area contributed by atoms with Gasteiger partial charge < -0.3 is 24.8 Å². The minimum Gasteiger partial charge on any atom is -0.392 e. The van der Waals surface area contributed by atoms with Gasteiger partial charge in [-0.2, -0.15) is 0 Å². The van der Waals surface area contributed by atoms with Crippen molar-refractivity contribution in [2.45, 2.75) is 70.7 Å². The van der Waals surface area contributed by atoms with Gasteiger partial charge in [0.1, 0.15) is 5.56 Å². The van der Waals surface area contributed by atoms with E-state index in [9.17, 15) is 31.9 Å². The lowest BCUT2D eigenvalue weighted by Crippen LogP contribution is -2.45. The maximum Gasteiger partial charge on any atom is 0.257 e. The van der Waals surface area contributed by atoms with Gasteiger partial charge in [-0.05, 0) is 42.6 Å². The standard InChI is InChI=1S/C34H37F5N2O4/c1-20-25(18-41-15-5-3-2-4-6-16-41)44-34(45-32(20)23-11-9-22(19-42)10-12-23)24-13-7-21(8-14-24)17-40-33(43)26-27(35)29(37)31(39)30(38)28(26)36/h7-14,20,25,32,34,42H,2-6,15-19H2,1H3,(H,40,43). The molecule has 45 heavy (non-hydrogen) atoms. The fraction of sp³-hybridized carbons (Fsp3) is 0.441. The molecule has 6 nitrogen and oxygen atoms in total. The average molecular weight is 633 g/mol. The number of carbonyl (C=O) groups excluding carboxylic acids is 1. The van der Waals surface area contributed by atoms with Gasteiger partial charge in [-0.15, -0.1) is 0 Å². The van der Waals surface area contributed by atoms with E-state index in [2.05, 4.69) is 17.1 Å². The van der Waals surface area contributed by atoms with Crippen molar-refractivity contribution in [2.24, 2.45) is 5.92 Å². The van der Waals surface area contributed by atoms with Crippen molar-refractivity contribution in [3.05, 3.63) is 105 Å². The maximum atomic E-state index is 14.1. The van der Waals surface area contributed by atoms with E-state index < -0.39 is 46.8 Å². The summed E-state index contributed by atoms with van der Waals surface area (Å²) in [4.78, 5) is 14.8. The lowest BCUT2D eigenvalue weighted by Gasteiger charge is -2.43. The van der Waals surface area contributed by atoms with Crippen LogP contribution in [0.4, 0.5) is 22.0 Å². The number of nitrogens with zero attached hydrogens (tertiary/aromatic N) is 1. The highest BCUT2D eigenvalue weighted by molar-refractivity contribution is 5.94. The Hall–Kier alpha value is -3.38. The molecular formula is C34H37F5N2O4. The number of ether oxygens (including phenoxy) is 2. The van der Waals surface area contributed by atoms with Crippen LogP contribution in [-0.4, -0.2) is 41.7 Å². The van der Waals surface area contributed by atoms with Crippen molar-refractivity contribution in [1.29, 1.82) is 0 Å². The summed E-state index contributed by atoms with van der Waals surface area (Å²) in [7, 11) is 0. The van der Waals surface area contributed by atoms with Crippen LogP contribution in [0.15, 0.2) is 48.5 Å². The molecule has 242 valence electrons. The topological polar surface area (TPSA) is 71.0 Å². The Morgan fingerprint density at radius 2 is 1.31 bits per heavy atom. The summed E-state index contributed by atoms with van der Waals surface area (Å²) >= 11 is 0. The molecule has 5 rings (SSSR count). The number of nitrogens with one attached hydrogen (secondary N) is 1. The molecule has 0 aliphatic carbocycles.